The molecular weight excluding hydrogens is 504 g/mol. The fourth-order valence-electron chi connectivity index (χ4n) is 4.04. The zero-order chi connectivity index (χ0) is 26.0. The van der Waals surface area contributed by atoms with E-state index in [9.17, 15) is 29.6 Å². The fourth-order valence-corrected chi connectivity index (χ4v) is 6.07. The Hall–Kier alpha value is -3.97. The summed E-state index contributed by atoms with van der Waals surface area (Å²) in [7, 11) is 1.58. The van der Waals surface area contributed by atoms with Crippen LogP contribution in [0.5, 0.6) is 0 Å². The van der Waals surface area contributed by atoms with E-state index in [1.54, 1.807) is 68.6 Å². The Balaban J connectivity index is 2.00. The zero-order valence-corrected chi connectivity index (χ0v) is 20.7. The van der Waals surface area contributed by atoms with Crippen LogP contribution in [0.3, 0.4) is 0 Å². The van der Waals surface area contributed by atoms with E-state index in [0.29, 0.717) is 11.4 Å². The van der Waals surface area contributed by atoms with Crippen molar-refractivity contribution in [2.45, 2.75) is 16.2 Å². The first-order chi connectivity index (χ1) is 17.2. The van der Waals surface area contributed by atoms with Crippen molar-refractivity contribution in [3.05, 3.63) is 110 Å². The topological polar surface area (TPSA) is 139 Å². The van der Waals surface area contributed by atoms with Gasteiger partial charge < -0.3 is 4.55 Å². The number of aromatic nitrogens is 1. The van der Waals surface area contributed by atoms with Crippen LogP contribution in [0.1, 0.15) is 15.9 Å². The molecule has 2 unspecified atom stereocenters. The van der Waals surface area contributed by atoms with Gasteiger partial charge in [-0.25, -0.2) is 4.79 Å². The molecule has 0 bridgehead atoms. The van der Waals surface area contributed by atoms with Gasteiger partial charge in [-0.15, -0.1) is 0 Å². The van der Waals surface area contributed by atoms with Crippen LogP contribution in [0, 0.1) is 27.2 Å². The van der Waals surface area contributed by atoms with Crippen LogP contribution >= 0.6 is 11.3 Å². The summed E-state index contributed by atoms with van der Waals surface area (Å²) in [5.41, 5.74) is -0.688. The molecule has 0 aliphatic rings. The van der Waals surface area contributed by atoms with E-state index in [1.807, 2.05) is 0 Å². The molecule has 0 spiro atoms. The normalized spacial score (nSPS) is 13.5. The van der Waals surface area contributed by atoms with Crippen molar-refractivity contribution in [2.75, 3.05) is 7.05 Å². The molecule has 0 N–H and O–H groups in total. The van der Waals surface area contributed by atoms with Gasteiger partial charge in [-0.05, 0) is 13.0 Å². The van der Waals surface area contributed by atoms with Gasteiger partial charge in [0.15, 0.2) is 5.56 Å². The zero-order valence-electron chi connectivity index (χ0n) is 19.1. The highest BCUT2D eigenvalue weighted by atomic mass is 32.2. The van der Waals surface area contributed by atoms with Crippen LogP contribution in [0.2, 0.25) is 0 Å². The third-order valence-electron chi connectivity index (χ3n) is 5.75. The predicted octanol–water partition coefficient (Wildman–Crippen LogP) is 5.54. The number of carbonyl (C=O) groups is 1. The number of quaternary nitrogens is 1. The van der Waals surface area contributed by atoms with E-state index >= 15 is 0 Å². The van der Waals surface area contributed by atoms with E-state index in [0.717, 1.165) is 29.0 Å². The highest BCUT2D eigenvalue weighted by Gasteiger charge is 2.48. The predicted molar refractivity (Wildman–Crippen MR) is 136 cm³/mol. The monoisotopic (exact) mass is 523 g/mol. The maximum absolute atomic E-state index is 14.2. The lowest BCUT2D eigenvalue weighted by Crippen LogP contribution is -2.46. The van der Waals surface area contributed by atoms with E-state index in [2.05, 4.69) is 4.98 Å². The summed E-state index contributed by atoms with van der Waals surface area (Å²) < 4.78 is 12.6. The maximum atomic E-state index is 14.2. The van der Waals surface area contributed by atoms with Gasteiger partial charge in [-0.3, -0.25) is 20.2 Å². The summed E-state index contributed by atoms with van der Waals surface area (Å²) in [4.78, 5) is 40.0. The molecule has 1 amide bonds. The third kappa shape index (κ3) is 4.27. The molecule has 0 aliphatic heterocycles. The van der Waals surface area contributed by atoms with Crippen LogP contribution in [-0.4, -0.2) is 32.3 Å². The van der Waals surface area contributed by atoms with Crippen molar-refractivity contribution in [1.82, 2.24) is 9.47 Å². The Morgan fingerprint density at radius 2 is 1.58 bits per heavy atom. The molecule has 4 aromatic rings. The van der Waals surface area contributed by atoms with E-state index in [1.165, 1.54) is 11.6 Å². The average Bonchev–Trinajstić information content (AvgIpc) is 3.42. The lowest BCUT2D eigenvalue weighted by atomic mass is 10.0. The van der Waals surface area contributed by atoms with Gasteiger partial charge in [-0.2, -0.15) is 9.47 Å². The van der Waals surface area contributed by atoms with Crippen molar-refractivity contribution in [2.24, 2.45) is 0 Å². The maximum Gasteiger partial charge on any atom is 0.401 e. The first kappa shape index (κ1) is 25.1. The number of amides is 1. The highest BCUT2D eigenvalue weighted by molar-refractivity contribution is 7.93. The smallest absolute Gasteiger partial charge is 0.401 e. The number of para-hydroxylation sites is 2. The summed E-state index contributed by atoms with van der Waals surface area (Å²) in [6.07, 6.45) is 1.38. The van der Waals surface area contributed by atoms with E-state index in [-0.39, 0.29) is 4.34 Å². The molecule has 4 rings (SSSR count). The lowest BCUT2D eigenvalue weighted by Gasteiger charge is -2.31. The first-order valence-corrected chi connectivity index (χ1v) is 12.5. The highest BCUT2D eigenvalue weighted by Crippen LogP contribution is 2.43. The second-order valence-electron chi connectivity index (χ2n) is 7.82. The molecule has 0 fully saturated rings. The van der Waals surface area contributed by atoms with E-state index < -0.39 is 53.2 Å². The lowest BCUT2D eigenvalue weighted by molar-refractivity contribution is -0.424. The van der Waals surface area contributed by atoms with Crippen LogP contribution in [0.4, 0.5) is 22.7 Å². The van der Waals surface area contributed by atoms with Gasteiger partial charge in [0.25, 0.3) is 0 Å². The molecule has 36 heavy (non-hydrogen) atoms. The standard InChI is InChI=1S/C24H19N4O6S2/c1-16-8-6-7-11-19(16)28(2,17-9-4-3-5-10-17)23(29)18-12-13-20(36(34)24-25-14-15-35-24)22(27(32)33)21(18)26(30)31/h3-15H,1-2H3/q+1. The number of nitro groups is 2. The number of nitro benzene ring substituents is 2. The largest absolute Gasteiger partial charge is 0.604 e. The number of thiazole rings is 1. The van der Waals surface area contributed by atoms with Crippen molar-refractivity contribution in [3.8, 4) is 0 Å². The summed E-state index contributed by atoms with van der Waals surface area (Å²) in [5.74, 6) is -0.753. The Morgan fingerprint density at radius 1 is 0.944 bits per heavy atom. The quantitative estimate of drug-likeness (QED) is 0.134. The average molecular weight is 524 g/mol. The van der Waals surface area contributed by atoms with Crippen LogP contribution in [-0.2, 0) is 11.2 Å². The molecule has 12 heteroatoms. The van der Waals surface area contributed by atoms with Gasteiger partial charge in [0, 0.05) is 41.4 Å². The number of nitrogens with zero attached hydrogens (tertiary/aromatic N) is 4. The van der Waals surface area contributed by atoms with Crippen LogP contribution in [0.15, 0.2) is 87.5 Å². The Bertz CT molecular complexity index is 1460. The summed E-state index contributed by atoms with van der Waals surface area (Å²) in [6, 6.07) is 18.0. The minimum absolute atomic E-state index is 0.0521. The SMILES string of the molecule is Cc1ccccc1[N+](C)(C(=O)c1ccc([S+]([O-])c2nccs2)c([N+](=O)[O-])c1[N+](=O)[O-])c1ccccc1. The molecule has 1 heterocycles. The summed E-state index contributed by atoms with van der Waals surface area (Å²) >= 11 is -1.15. The number of benzene rings is 3. The number of rotatable bonds is 7. The molecule has 182 valence electrons. The molecular formula is C24H19N4O6S2+. The third-order valence-corrected chi connectivity index (χ3v) is 8.21. The molecule has 1 aromatic heterocycles. The Labute approximate surface area is 212 Å². The molecule has 2 atom stereocenters. The second kappa shape index (κ2) is 9.95. The van der Waals surface area contributed by atoms with Crippen LogP contribution < -0.4 is 4.48 Å². The minimum Gasteiger partial charge on any atom is -0.604 e. The molecule has 3 aromatic carbocycles. The Morgan fingerprint density at radius 3 is 2.17 bits per heavy atom. The van der Waals surface area contributed by atoms with Gasteiger partial charge in [0.2, 0.25) is 4.90 Å². The molecule has 0 radical (unpaired) electrons. The van der Waals surface area contributed by atoms with Gasteiger partial charge in [0.1, 0.15) is 11.4 Å². The minimum atomic E-state index is -2.15. The number of carbonyl (C=O) groups excluding carboxylic acids is 1. The second-order valence-corrected chi connectivity index (χ2v) is 10.3. The number of hydrogen-bond acceptors (Lipinski definition) is 8. The summed E-state index contributed by atoms with van der Waals surface area (Å²) in [6.45, 7) is 1.80. The molecule has 0 saturated heterocycles. The molecule has 0 aliphatic carbocycles. The van der Waals surface area contributed by atoms with E-state index in [4.69, 9.17) is 0 Å². The fraction of sp³-hybridized carbons (Fsp3) is 0.0833. The van der Waals surface area contributed by atoms with Gasteiger partial charge in [0.05, 0.1) is 28.1 Å². The van der Waals surface area contributed by atoms with Crippen molar-refractivity contribution in [3.63, 3.8) is 0 Å². The van der Waals surface area contributed by atoms with Gasteiger partial charge >= 0.3 is 21.6 Å². The van der Waals surface area contributed by atoms with Crippen LogP contribution in [0.25, 0.3) is 0 Å². The van der Waals surface area contributed by atoms with Crippen molar-refractivity contribution >= 4 is 51.2 Å². The summed E-state index contributed by atoms with van der Waals surface area (Å²) in [5, 5.41) is 25.8. The first-order valence-electron chi connectivity index (χ1n) is 10.5. The molecule has 10 nitrogen and oxygen atoms in total. The number of hydrogen-bond donors (Lipinski definition) is 0. The van der Waals surface area contributed by atoms with Crippen molar-refractivity contribution in [1.29, 1.82) is 0 Å². The number of aryl methyl sites for hydroxylation is 1. The molecule has 0 saturated carbocycles. The van der Waals surface area contributed by atoms with Crippen molar-refractivity contribution < 1.29 is 19.2 Å². The van der Waals surface area contributed by atoms with Gasteiger partial charge in [-0.1, -0.05) is 47.7 Å². The Kier molecular flexibility index (Phi) is 6.95.